The number of urea groups is 1. The zero-order valence-electron chi connectivity index (χ0n) is 10.7. The Morgan fingerprint density at radius 3 is 2.55 bits per heavy atom. The first-order chi connectivity index (χ1) is 9.54. The van der Waals surface area contributed by atoms with Crippen molar-refractivity contribution in [2.75, 3.05) is 11.4 Å². The van der Waals surface area contributed by atoms with Gasteiger partial charge < -0.3 is 0 Å². The molecule has 1 saturated heterocycles. The van der Waals surface area contributed by atoms with Gasteiger partial charge in [0.1, 0.15) is 0 Å². The summed E-state index contributed by atoms with van der Waals surface area (Å²) in [5, 5.41) is 2.62. The highest BCUT2D eigenvalue weighted by molar-refractivity contribution is 6.33. The molecule has 0 saturated carbocycles. The highest BCUT2D eigenvalue weighted by Gasteiger charge is 2.40. The molecule has 7 heteroatoms. The van der Waals surface area contributed by atoms with Crippen LogP contribution in [0.25, 0.3) is 0 Å². The van der Waals surface area contributed by atoms with Gasteiger partial charge in [-0.1, -0.05) is 11.6 Å². The minimum absolute atomic E-state index is 0.347. The SMILES string of the molecule is CCN=CC1C(=O)NC(=O)N(c2ccc(Cl)cc2)C1=O. The van der Waals surface area contributed by atoms with E-state index in [9.17, 15) is 14.4 Å². The van der Waals surface area contributed by atoms with Crippen LogP contribution in [-0.2, 0) is 9.59 Å². The molecule has 1 fully saturated rings. The summed E-state index contributed by atoms with van der Waals surface area (Å²) in [6.07, 6.45) is 1.26. The Kier molecular flexibility index (Phi) is 4.14. The van der Waals surface area contributed by atoms with E-state index in [0.29, 0.717) is 17.3 Å². The Bertz CT molecular complexity index is 583. The highest BCUT2D eigenvalue weighted by Crippen LogP contribution is 2.22. The minimum Gasteiger partial charge on any atom is -0.296 e. The van der Waals surface area contributed by atoms with E-state index in [4.69, 9.17) is 11.6 Å². The number of aliphatic imine (C=N–C) groups is 1. The van der Waals surface area contributed by atoms with Crippen LogP contribution < -0.4 is 10.2 Å². The van der Waals surface area contributed by atoms with E-state index in [-0.39, 0.29) is 0 Å². The van der Waals surface area contributed by atoms with Crippen molar-refractivity contribution in [2.45, 2.75) is 6.92 Å². The van der Waals surface area contributed by atoms with Gasteiger partial charge in [-0.25, -0.2) is 9.69 Å². The zero-order chi connectivity index (χ0) is 14.7. The largest absolute Gasteiger partial charge is 0.335 e. The summed E-state index contributed by atoms with van der Waals surface area (Å²) in [7, 11) is 0. The smallest absolute Gasteiger partial charge is 0.296 e. The summed E-state index contributed by atoms with van der Waals surface area (Å²) >= 11 is 5.76. The number of carbonyl (C=O) groups is 3. The molecule has 0 bridgehead atoms. The maximum absolute atomic E-state index is 12.3. The van der Waals surface area contributed by atoms with Crippen LogP contribution in [0.4, 0.5) is 10.5 Å². The standard InChI is InChI=1S/C13H12ClN3O3/c1-2-15-7-10-11(18)16-13(20)17(12(10)19)9-5-3-8(14)4-6-9/h3-7,10H,2H2,1H3,(H,16,18,20). The summed E-state index contributed by atoms with van der Waals surface area (Å²) < 4.78 is 0. The summed E-state index contributed by atoms with van der Waals surface area (Å²) in [6, 6.07) is 5.41. The number of hydrogen-bond acceptors (Lipinski definition) is 4. The summed E-state index contributed by atoms with van der Waals surface area (Å²) in [4.78, 5) is 40.5. The van der Waals surface area contributed by atoms with Gasteiger partial charge in [-0.05, 0) is 31.2 Å². The topological polar surface area (TPSA) is 78.8 Å². The van der Waals surface area contributed by atoms with Crippen molar-refractivity contribution in [3.63, 3.8) is 0 Å². The molecule has 104 valence electrons. The minimum atomic E-state index is -1.09. The second-order valence-corrected chi connectivity index (χ2v) is 4.51. The maximum Gasteiger partial charge on any atom is 0.335 e. The van der Waals surface area contributed by atoms with E-state index < -0.39 is 23.8 Å². The second kappa shape index (κ2) is 5.83. The quantitative estimate of drug-likeness (QED) is 0.679. The van der Waals surface area contributed by atoms with Gasteiger partial charge in [0.05, 0.1) is 5.69 Å². The molecular weight excluding hydrogens is 282 g/mol. The number of halogens is 1. The number of benzene rings is 1. The molecule has 6 nitrogen and oxygen atoms in total. The van der Waals surface area contributed by atoms with Crippen molar-refractivity contribution in [3.05, 3.63) is 29.3 Å². The molecule has 1 unspecified atom stereocenters. The normalized spacial score (nSPS) is 19.6. The van der Waals surface area contributed by atoms with Crippen LogP contribution in [0.2, 0.25) is 5.02 Å². The van der Waals surface area contributed by atoms with Crippen LogP contribution in [-0.4, -0.2) is 30.6 Å². The maximum atomic E-state index is 12.3. The third-order valence-electron chi connectivity index (χ3n) is 2.72. The van der Waals surface area contributed by atoms with Crippen molar-refractivity contribution >= 4 is 41.3 Å². The van der Waals surface area contributed by atoms with Crippen molar-refractivity contribution in [1.82, 2.24) is 5.32 Å². The van der Waals surface area contributed by atoms with Crippen LogP contribution >= 0.6 is 11.6 Å². The van der Waals surface area contributed by atoms with E-state index in [0.717, 1.165) is 4.90 Å². The number of nitrogens with zero attached hydrogens (tertiary/aromatic N) is 2. The molecular formula is C13H12ClN3O3. The monoisotopic (exact) mass is 293 g/mol. The average molecular weight is 294 g/mol. The van der Waals surface area contributed by atoms with E-state index in [1.54, 1.807) is 19.1 Å². The van der Waals surface area contributed by atoms with Crippen LogP contribution in [0.1, 0.15) is 6.92 Å². The summed E-state index contributed by atoms with van der Waals surface area (Å²) in [5.41, 5.74) is 0.347. The van der Waals surface area contributed by atoms with Gasteiger partial charge in [0.25, 0.3) is 5.91 Å². The molecule has 0 radical (unpaired) electrons. The highest BCUT2D eigenvalue weighted by atomic mass is 35.5. The van der Waals surface area contributed by atoms with E-state index in [1.165, 1.54) is 18.3 Å². The van der Waals surface area contributed by atoms with Crippen molar-refractivity contribution < 1.29 is 14.4 Å². The second-order valence-electron chi connectivity index (χ2n) is 4.07. The van der Waals surface area contributed by atoms with Crippen LogP contribution in [0.5, 0.6) is 0 Å². The molecule has 1 aromatic carbocycles. The van der Waals surface area contributed by atoms with Gasteiger partial charge in [0, 0.05) is 17.8 Å². The van der Waals surface area contributed by atoms with Gasteiger partial charge in [-0.15, -0.1) is 0 Å². The molecule has 2 rings (SSSR count). The number of barbiturate groups is 1. The van der Waals surface area contributed by atoms with E-state index >= 15 is 0 Å². The predicted molar refractivity (Wildman–Crippen MR) is 75.0 cm³/mol. The fourth-order valence-electron chi connectivity index (χ4n) is 1.77. The lowest BCUT2D eigenvalue weighted by molar-refractivity contribution is -0.131. The van der Waals surface area contributed by atoms with Crippen LogP contribution in [0, 0.1) is 5.92 Å². The number of hydrogen-bond donors (Lipinski definition) is 1. The van der Waals surface area contributed by atoms with Gasteiger partial charge in [0.15, 0.2) is 5.92 Å². The number of amides is 4. The van der Waals surface area contributed by atoms with E-state index in [1.807, 2.05) is 0 Å². The third-order valence-corrected chi connectivity index (χ3v) is 2.98. The molecule has 4 amide bonds. The van der Waals surface area contributed by atoms with Gasteiger partial charge in [-0.2, -0.15) is 0 Å². The van der Waals surface area contributed by atoms with Crippen molar-refractivity contribution in [3.8, 4) is 0 Å². The molecule has 1 aromatic rings. The average Bonchev–Trinajstić information content (AvgIpc) is 2.40. The Morgan fingerprint density at radius 2 is 1.95 bits per heavy atom. The molecule has 0 aromatic heterocycles. The van der Waals surface area contributed by atoms with Gasteiger partial charge in [0.2, 0.25) is 5.91 Å². The molecule has 1 atom stereocenters. The van der Waals surface area contributed by atoms with Gasteiger partial charge in [-0.3, -0.25) is 19.9 Å². The molecule has 1 aliphatic heterocycles. The lowest BCUT2D eigenvalue weighted by Gasteiger charge is -2.28. The molecule has 20 heavy (non-hydrogen) atoms. The van der Waals surface area contributed by atoms with Crippen LogP contribution in [0.3, 0.4) is 0 Å². The fraction of sp³-hybridized carbons (Fsp3) is 0.231. The Labute approximate surface area is 120 Å². The summed E-state index contributed by atoms with van der Waals surface area (Å²) in [6.45, 7) is 2.23. The lowest BCUT2D eigenvalue weighted by Crippen LogP contribution is -2.58. The van der Waals surface area contributed by atoms with E-state index in [2.05, 4.69) is 10.3 Å². The van der Waals surface area contributed by atoms with Crippen molar-refractivity contribution in [1.29, 1.82) is 0 Å². The number of carbonyl (C=O) groups excluding carboxylic acids is 3. The van der Waals surface area contributed by atoms with Crippen molar-refractivity contribution in [2.24, 2.45) is 10.9 Å². The fourth-order valence-corrected chi connectivity index (χ4v) is 1.89. The predicted octanol–water partition coefficient (Wildman–Crippen LogP) is 1.63. The molecule has 1 heterocycles. The number of rotatable bonds is 3. The first kappa shape index (κ1) is 14.2. The number of nitrogens with one attached hydrogen (secondary N) is 1. The Morgan fingerprint density at radius 1 is 1.30 bits per heavy atom. The summed E-state index contributed by atoms with van der Waals surface area (Å²) in [5.74, 6) is -2.39. The third kappa shape index (κ3) is 2.70. The Balaban J connectivity index is 2.34. The first-order valence-corrected chi connectivity index (χ1v) is 6.36. The first-order valence-electron chi connectivity index (χ1n) is 5.99. The molecule has 1 aliphatic rings. The molecule has 0 spiro atoms. The molecule has 0 aliphatic carbocycles. The van der Waals surface area contributed by atoms with Crippen LogP contribution in [0.15, 0.2) is 29.3 Å². The zero-order valence-corrected chi connectivity index (χ0v) is 11.4. The lowest BCUT2D eigenvalue weighted by atomic mass is 10.1. The Hall–Kier alpha value is -2.21. The number of anilines is 1. The molecule has 1 N–H and O–H groups in total. The van der Waals surface area contributed by atoms with Gasteiger partial charge >= 0.3 is 6.03 Å². The number of imide groups is 2.